The molecular formula is C17H27N2O+. The molecule has 1 aromatic carbocycles. The number of hydrogen-bond acceptors (Lipinski definition) is 1. The van der Waals surface area contributed by atoms with E-state index in [0.29, 0.717) is 12.0 Å². The highest BCUT2D eigenvalue weighted by Gasteiger charge is 2.32. The maximum Gasteiger partial charge on any atom is 0.282 e. The molecule has 20 heavy (non-hydrogen) atoms. The van der Waals surface area contributed by atoms with E-state index in [1.807, 2.05) is 37.3 Å². The van der Waals surface area contributed by atoms with Crippen LogP contribution in [0.2, 0.25) is 0 Å². The van der Waals surface area contributed by atoms with E-state index < -0.39 is 0 Å². The number of para-hydroxylation sites is 1. The van der Waals surface area contributed by atoms with Gasteiger partial charge in [0, 0.05) is 11.6 Å². The Kier molecular flexibility index (Phi) is 5.18. The molecule has 0 heterocycles. The van der Waals surface area contributed by atoms with Crippen LogP contribution in [0.1, 0.15) is 40.0 Å². The second-order valence-corrected chi connectivity index (χ2v) is 6.27. The quantitative estimate of drug-likeness (QED) is 0.871. The van der Waals surface area contributed by atoms with Crippen molar-refractivity contribution in [2.75, 3.05) is 5.32 Å². The van der Waals surface area contributed by atoms with Gasteiger partial charge < -0.3 is 10.6 Å². The van der Waals surface area contributed by atoms with Crippen LogP contribution in [0.5, 0.6) is 0 Å². The van der Waals surface area contributed by atoms with Crippen LogP contribution in [0.4, 0.5) is 5.69 Å². The molecule has 0 radical (unpaired) electrons. The van der Waals surface area contributed by atoms with Crippen LogP contribution in [0.25, 0.3) is 0 Å². The van der Waals surface area contributed by atoms with Gasteiger partial charge in [-0.1, -0.05) is 32.0 Å². The van der Waals surface area contributed by atoms with Crippen molar-refractivity contribution in [1.82, 2.24) is 0 Å². The van der Waals surface area contributed by atoms with Gasteiger partial charge in [-0.3, -0.25) is 4.79 Å². The van der Waals surface area contributed by atoms with Gasteiger partial charge in [-0.2, -0.15) is 0 Å². The average molecular weight is 275 g/mol. The Morgan fingerprint density at radius 2 is 1.95 bits per heavy atom. The second kappa shape index (κ2) is 6.89. The molecule has 0 aliphatic heterocycles. The highest BCUT2D eigenvalue weighted by Crippen LogP contribution is 2.27. The molecule has 0 unspecified atom stereocenters. The van der Waals surface area contributed by atoms with E-state index in [4.69, 9.17) is 0 Å². The molecule has 110 valence electrons. The number of nitrogens with two attached hydrogens (primary N) is 1. The summed E-state index contributed by atoms with van der Waals surface area (Å²) in [7, 11) is 0. The summed E-state index contributed by atoms with van der Waals surface area (Å²) in [5.41, 5.74) is 0.878. The summed E-state index contributed by atoms with van der Waals surface area (Å²) in [6.07, 6.45) is 3.85. The van der Waals surface area contributed by atoms with Gasteiger partial charge in [0.25, 0.3) is 5.91 Å². The summed E-state index contributed by atoms with van der Waals surface area (Å²) < 4.78 is 0. The van der Waals surface area contributed by atoms with E-state index in [-0.39, 0.29) is 11.9 Å². The number of benzene rings is 1. The van der Waals surface area contributed by atoms with Crippen molar-refractivity contribution >= 4 is 11.6 Å². The first-order valence-electron chi connectivity index (χ1n) is 7.79. The third-order valence-corrected chi connectivity index (χ3v) is 4.76. The number of rotatable bonds is 4. The van der Waals surface area contributed by atoms with E-state index in [1.54, 1.807) is 0 Å². The van der Waals surface area contributed by atoms with E-state index >= 15 is 0 Å². The Bertz CT molecular complexity index is 432. The van der Waals surface area contributed by atoms with Crippen molar-refractivity contribution in [3.05, 3.63) is 30.3 Å². The van der Waals surface area contributed by atoms with Crippen LogP contribution >= 0.6 is 0 Å². The molecule has 3 nitrogen and oxygen atoms in total. The first kappa shape index (κ1) is 15.0. The molecular weight excluding hydrogens is 248 g/mol. The third-order valence-electron chi connectivity index (χ3n) is 4.76. The number of quaternary nitrogens is 1. The number of hydrogen-bond donors (Lipinski definition) is 2. The molecule has 0 saturated heterocycles. The lowest BCUT2D eigenvalue weighted by atomic mass is 9.78. The Morgan fingerprint density at radius 3 is 2.65 bits per heavy atom. The number of nitrogens with one attached hydrogen (secondary N) is 1. The van der Waals surface area contributed by atoms with Crippen LogP contribution in [0.15, 0.2) is 30.3 Å². The molecule has 0 aromatic heterocycles. The number of amides is 1. The van der Waals surface area contributed by atoms with Gasteiger partial charge in [0.2, 0.25) is 0 Å². The summed E-state index contributed by atoms with van der Waals surface area (Å²) >= 11 is 0. The summed E-state index contributed by atoms with van der Waals surface area (Å²) in [5, 5.41) is 5.25. The van der Waals surface area contributed by atoms with Gasteiger partial charge in [0.15, 0.2) is 6.04 Å². The van der Waals surface area contributed by atoms with Crippen LogP contribution < -0.4 is 10.6 Å². The Hall–Kier alpha value is -1.35. The van der Waals surface area contributed by atoms with Gasteiger partial charge in [0.05, 0.1) is 6.04 Å². The van der Waals surface area contributed by atoms with Crippen LogP contribution in [-0.4, -0.2) is 18.0 Å². The van der Waals surface area contributed by atoms with Crippen molar-refractivity contribution in [2.24, 2.45) is 11.8 Å². The molecule has 3 heteroatoms. The fourth-order valence-corrected chi connectivity index (χ4v) is 3.13. The summed E-state index contributed by atoms with van der Waals surface area (Å²) in [4.78, 5) is 12.2. The second-order valence-electron chi connectivity index (χ2n) is 6.27. The molecule has 1 fully saturated rings. The molecule has 4 atom stereocenters. The maximum absolute atomic E-state index is 12.2. The van der Waals surface area contributed by atoms with Crippen molar-refractivity contribution in [2.45, 2.75) is 52.1 Å². The molecule has 0 spiro atoms. The predicted molar refractivity (Wildman–Crippen MR) is 82.4 cm³/mol. The average Bonchev–Trinajstić information content (AvgIpc) is 2.45. The largest absolute Gasteiger partial charge is 0.334 e. The Morgan fingerprint density at radius 1 is 1.25 bits per heavy atom. The van der Waals surface area contributed by atoms with E-state index in [2.05, 4.69) is 24.5 Å². The topological polar surface area (TPSA) is 45.7 Å². The highest BCUT2D eigenvalue weighted by molar-refractivity contribution is 5.93. The normalized spacial score (nSPS) is 27.9. The van der Waals surface area contributed by atoms with Crippen LogP contribution in [0.3, 0.4) is 0 Å². The molecule has 2 rings (SSSR count). The van der Waals surface area contributed by atoms with Gasteiger partial charge in [0.1, 0.15) is 0 Å². The lowest BCUT2D eigenvalue weighted by molar-refractivity contribution is -0.715. The minimum absolute atomic E-state index is 0.0343. The first-order valence-corrected chi connectivity index (χ1v) is 7.79. The summed E-state index contributed by atoms with van der Waals surface area (Å²) in [5.74, 6) is 1.56. The van der Waals surface area contributed by atoms with Crippen molar-refractivity contribution in [1.29, 1.82) is 0 Å². The smallest absolute Gasteiger partial charge is 0.282 e. The number of anilines is 1. The Balaban J connectivity index is 1.87. The lowest BCUT2D eigenvalue weighted by Gasteiger charge is -2.33. The predicted octanol–water partition coefficient (Wildman–Crippen LogP) is 2.40. The fourth-order valence-electron chi connectivity index (χ4n) is 3.13. The van der Waals surface area contributed by atoms with E-state index in [0.717, 1.165) is 11.6 Å². The zero-order valence-electron chi connectivity index (χ0n) is 12.8. The van der Waals surface area contributed by atoms with E-state index in [9.17, 15) is 4.79 Å². The van der Waals surface area contributed by atoms with Crippen LogP contribution in [0, 0.1) is 11.8 Å². The minimum atomic E-state index is -0.0343. The van der Waals surface area contributed by atoms with Crippen LogP contribution in [-0.2, 0) is 4.79 Å². The zero-order valence-corrected chi connectivity index (χ0v) is 12.8. The molecule has 1 aromatic rings. The van der Waals surface area contributed by atoms with Crippen molar-refractivity contribution in [3.8, 4) is 0 Å². The number of carbonyl (C=O) groups is 1. The van der Waals surface area contributed by atoms with Crippen molar-refractivity contribution in [3.63, 3.8) is 0 Å². The Labute approximate surface area is 122 Å². The fraction of sp³-hybridized carbons (Fsp3) is 0.588. The van der Waals surface area contributed by atoms with Gasteiger partial charge in [-0.25, -0.2) is 0 Å². The SMILES string of the molecule is C[C@@H]1[C@@H](C)CCC[C@H]1[NH2+][C@@H](C)C(=O)Nc1ccccc1. The van der Waals surface area contributed by atoms with Gasteiger partial charge in [-0.15, -0.1) is 0 Å². The molecule has 1 aliphatic carbocycles. The zero-order chi connectivity index (χ0) is 14.5. The highest BCUT2D eigenvalue weighted by atomic mass is 16.2. The third kappa shape index (κ3) is 3.83. The van der Waals surface area contributed by atoms with Crippen molar-refractivity contribution < 1.29 is 10.1 Å². The molecule has 0 bridgehead atoms. The van der Waals surface area contributed by atoms with Gasteiger partial charge in [-0.05, 0) is 44.2 Å². The van der Waals surface area contributed by atoms with Gasteiger partial charge >= 0.3 is 0 Å². The molecule has 3 N–H and O–H groups in total. The standard InChI is InChI=1S/C17H26N2O/c1-12-8-7-11-16(13(12)2)18-14(3)17(20)19-15-9-5-4-6-10-15/h4-6,9-10,12-14,16,18H,7-8,11H2,1-3H3,(H,19,20)/p+1/t12-,13+,14-,16+/m0/s1. The monoisotopic (exact) mass is 275 g/mol. The summed E-state index contributed by atoms with van der Waals surface area (Å²) in [6, 6.07) is 10.2. The number of carbonyl (C=O) groups excluding carboxylic acids is 1. The first-order chi connectivity index (χ1) is 9.58. The minimum Gasteiger partial charge on any atom is -0.334 e. The lowest BCUT2D eigenvalue weighted by Crippen LogP contribution is -2.97. The summed E-state index contributed by atoms with van der Waals surface area (Å²) in [6.45, 7) is 6.66. The maximum atomic E-state index is 12.2. The molecule has 1 saturated carbocycles. The molecule has 1 amide bonds. The van der Waals surface area contributed by atoms with E-state index in [1.165, 1.54) is 19.3 Å². The molecule has 1 aliphatic rings.